The van der Waals surface area contributed by atoms with Crippen LogP contribution in [0.2, 0.25) is 0 Å². The van der Waals surface area contributed by atoms with E-state index in [1.165, 1.54) is 6.92 Å². The Morgan fingerprint density at radius 1 is 1.13 bits per heavy atom. The van der Waals surface area contributed by atoms with Gasteiger partial charge in [0.15, 0.2) is 5.78 Å². The zero-order valence-corrected chi connectivity index (χ0v) is 13.2. The average Bonchev–Trinajstić information content (AvgIpc) is 2.82. The molecule has 5 heteroatoms. The lowest BCUT2D eigenvalue weighted by molar-refractivity contribution is 0.101. The number of rotatable bonds is 3. The molecule has 1 aromatic carbocycles. The van der Waals surface area contributed by atoms with Crippen molar-refractivity contribution in [3.05, 3.63) is 59.0 Å². The number of pyridine rings is 1. The van der Waals surface area contributed by atoms with Crippen molar-refractivity contribution in [2.75, 3.05) is 5.32 Å². The van der Waals surface area contributed by atoms with Crippen molar-refractivity contribution >= 4 is 28.3 Å². The van der Waals surface area contributed by atoms with Crippen molar-refractivity contribution in [3.8, 4) is 0 Å². The number of benzene rings is 1. The zero-order valence-electron chi connectivity index (χ0n) is 13.2. The van der Waals surface area contributed by atoms with Crippen LogP contribution in [-0.2, 0) is 0 Å². The summed E-state index contributed by atoms with van der Waals surface area (Å²) in [6, 6.07) is 9.31. The van der Waals surface area contributed by atoms with Gasteiger partial charge in [-0.25, -0.2) is 0 Å². The van der Waals surface area contributed by atoms with Crippen LogP contribution in [0, 0.1) is 13.8 Å². The summed E-state index contributed by atoms with van der Waals surface area (Å²) in [4.78, 5) is 31.6. The molecule has 2 heterocycles. The van der Waals surface area contributed by atoms with Crippen LogP contribution in [0.5, 0.6) is 0 Å². The van der Waals surface area contributed by atoms with Crippen molar-refractivity contribution in [2.45, 2.75) is 20.8 Å². The zero-order chi connectivity index (χ0) is 16.6. The Balaban J connectivity index is 1.99. The fourth-order valence-electron chi connectivity index (χ4n) is 2.90. The smallest absolute Gasteiger partial charge is 0.272 e. The number of hydrogen-bond acceptors (Lipinski definition) is 3. The first-order valence-electron chi connectivity index (χ1n) is 7.34. The number of fused-ring (bicyclic) bond motifs is 1. The molecule has 0 unspecified atom stereocenters. The predicted octanol–water partition coefficient (Wildman–Crippen LogP) is 3.63. The van der Waals surface area contributed by atoms with Gasteiger partial charge in [-0.15, -0.1) is 0 Å². The maximum absolute atomic E-state index is 12.6. The van der Waals surface area contributed by atoms with E-state index >= 15 is 0 Å². The van der Waals surface area contributed by atoms with Gasteiger partial charge in [0.05, 0.1) is 11.2 Å². The highest BCUT2D eigenvalue weighted by Gasteiger charge is 2.20. The van der Waals surface area contributed by atoms with Crippen LogP contribution in [0.3, 0.4) is 0 Å². The molecule has 0 aliphatic rings. The van der Waals surface area contributed by atoms with Gasteiger partial charge < -0.3 is 10.3 Å². The highest BCUT2D eigenvalue weighted by atomic mass is 16.2. The molecule has 3 rings (SSSR count). The Morgan fingerprint density at radius 3 is 2.61 bits per heavy atom. The number of ketones is 1. The maximum Gasteiger partial charge on any atom is 0.272 e. The van der Waals surface area contributed by atoms with Crippen LogP contribution in [-0.4, -0.2) is 21.7 Å². The second kappa shape index (κ2) is 5.68. The van der Waals surface area contributed by atoms with Gasteiger partial charge >= 0.3 is 0 Å². The largest absolute Gasteiger partial charge is 0.354 e. The van der Waals surface area contributed by atoms with Gasteiger partial charge in [-0.1, -0.05) is 6.07 Å². The minimum Gasteiger partial charge on any atom is -0.354 e. The third kappa shape index (κ3) is 2.61. The number of anilines is 1. The summed E-state index contributed by atoms with van der Waals surface area (Å²) in [6.45, 7) is 5.07. The molecular formula is C18H17N3O2. The van der Waals surface area contributed by atoms with Crippen LogP contribution in [0.4, 0.5) is 5.69 Å². The van der Waals surface area contributed by atoms with Crippen LogP contribution >= 0.6 is 0 Å². The number of nitrogens with one attached hydrogen (secondary N) is 2. The van der Waals surface area contributed by atoms with E-state index in [9.17, 15) is 9.59 Å². The molecule has 23 heavy (non-hydrogen) atoms. The number of carbonyl (C=O) groups is 2. The number of aryl methyl sites for hydroxylation is 1. The number of aromatic nitrogens is 2. The summed E-state index contributed by atoms with van der Waals surface area (Å²) in [7, 11) is 0. The second-order valence-corrected chi connectivity index (χ2v) is 5.51. The quantitative estimate of drug-likeness (QED) is 0.725. The van der Waals surface area contributed by atoms with E-state index in [0.717, 1.165) is 10.9 Å². The molecule has 0 atom stereocenters. The van der Waals surface area contributed by atoms with Gasteiger partial charge in [0.2, 0.25) is 0 Å². The average molecular weight is 307 g/mol. The van der Waals surface area contributed by atoms with Gasteiger partial charge in [-0.3, -0.25) is 14.6 Å². The van der Waals surface area contributed by atoms with Gasteiger partial charge in [0.1, 0.15) is 5.69 Å². The Kier molecular flexibility index (Phi) is 3.70. The Labute approximate surface area is 133 Å². The third-order valence-corrected chi connectivity index (χ3v) is 3.91. The molecule has 0 spiro atoms. The highest BCUT2D eigenvalue weighted by molar-refractivity contribution is 6.10. The van der Waals surface area contributed by atoms with E-state index in [0.29, 0.717) is 28.2 Å². The molecule has 0 fully saturated rings. The molecule has 5 nitrogen and oxygen atoms in total. The molecule has 1 amide bonds. The van der Waals surface area contributed by atoms with Crippen molar-refractivity contribution in [1.29, 1.82) is 0 Å². The van der Waals surface area contributed by atoms with Crippen LogP contribution in [0.25, 0.3) is 10.9 Å². The summed E-state index contributed by atoms with van der Waals surface area (Å²) >= 11 is 0. The fourth-order valence-corrected chi connectivity index (χ4v) is 2.90. The van der Waals surface area contributed by atoms with E-state index < -0.39 is 0 Å². The van der Waals surface area contributed by atoms with E-state index in [2.05, 4.69) is 15.3 Å². The van der Waals surface area contributed by atoms with Gasteiger partial charge in [0, 0.05) is 22.8 Å². The lowest BCUT2D eigenvalue weighted by Crippen LogP contribution is -2.14. The SMILES string of the molecule is CC(=O)c1c(C)[nH]c(C(=O)Nc2cccc3ncccc23)c1C. The van der Waals surface area contributed by atoms with Crippen molar-refractivity contribution in [1.82, 2.24) is 9.97 Å². The van der Waals surface area contributed by atoms with Gasteiger partial charge in [-0.2, -0.15) is 0 Å². The Morgan fingerprint density at radius 2 is 1.91 bits per heavy atom. The first-order valence-corrected chi connectivity index (χ1v) is 7.34. The van der Waals surface area contributed by atoms with E-state index in [-0.39, 0.29) is 11.7 Å². The molecule has 0 saturated heterocycles. The molecule has 0 bridgehead atoms. The molecule has 116 valence electrons. The normalized spacial score (nSPS) is 10.7. The standard InChI is InChI=1S/C18H17N3O2/c1-10-16(12(3)22)11(2)20-17(10)18(23)21-15-8-4-7-14-13(15)6-5-9-19-14/h4-9,20H,1-3H3,(H,21,23). The number of H-pyrrole nitrogens is 1. The molecule has 2 N–H and O–H groups in total. The van der Waals surface area contributed by atoms with E-state index in [1.807, 2.05) is 30.3 Å². The molecule has 0 saturated carbocycles. The number of hydrogen-bond donors (Lipinski definition) is 2. The highest BCUT2D eigenvalue weighted by Crippen LogP contribution is 2.24. The van der Waals surface area contributed by atoms with Crippen molar-refractivity contribution in [3.63, 3.8) is 0 Å². The summed E-state index contributed by atoms with van der Waals surface area (Å²) < 4.78 is 0. The minimum absolute atomic E-state index is 0.0512. The Bertz CT molecular complexity index is 920. The number of amides is 1. The van der Waals surface area contributed by atoms with Crippen molar-refractivity contribution in [2.24, 2.45) is 0 Å². The topological polar surface area (TPSA) is 74.8 Å². The van der Waals surface area contributed by atoms with Crippen LogP contribution in [0.1, 0.15) is 39.0 Å². The molecule has 0 radical (unpaired) electrons. The second-order valence-electron chi connectivity index (χ2n) is 5.51. The summed E-state index contributed by atoms with van der Waals surface area (Å²) in [5.41, 5.74) is 3.87. The lowest BCUT2D eigenvalue weighted by atomic mass is 10.1. The predicted molar refractivity (Wildman–Crippen MR) is 90.0 cm³/mol. The first kappa shape index (κ1) is 15.0. The summed E-state index contributed by atoms with van der Waals surface area (Å²) in [6.07, 6.45) is 1.71. The summed E-state index contributed by atoms with van der Waals surface area (Å²) in [5, 5.41) is 3.77. The third-order valence-electron chi connectivity index (χ3n) is 3.91. The fraction of sp³-hybridized carbons (Fsp3) is 0.167. The number of carbonyl (C=O) groups excluding carboxylic acids is 2. The minimum atomic E-state index is -0.269. The van der Waals surface area contributed by atoms with Crippen LogP contribution < -0.4 is 5.32 Å². The molecule has 0 aliphatic carbocycles. The van der Waals surface area contributed by atoms with Crippen molar-refractivity contribution < 1.29 is 9.59 Å². The van der Waals surface area contributed by atoms with Gasteiger partial charge in [0.25, 0.3) is 5.91 Å². The molecule has 3 aromatic rings. The summed E-state index contributed by atoms with van der Waals surface area (Å²) in [5.74, 6) is -0.320. The first-order chi connectivity index (χ1) is 11.0. The number of nitrogens with zero attached hydrogens (tertiary/aromatic N) is 1. The maximum atomic E-state index is 12.6. The van der Waals surface area contributed by atoms with Crippen LogP contribution in [0.15, 0.2) is 36.5 Å². The number of Topliss-reactive ketones (excluding diaryl/α,β-unsaturated/α-hetero) is 1. The Hall–Kier alpha value is -2.95. The molecular weight excluding hydrogens is 290 g/mol. The van der Waals surface area contributed by atoms with E-state index in [4.69, 9.17) is 0 Å². The number of aromatic amines is 1. The molecule has 0 aliphatic heterocycles. The molecule has 2 aromatic heterocycles. The lowest BCUT2D eigenvalue weighted by Gasteiger charge is -2.08. The van der Waals surface area contributed by atoms with E-state index in [1.54, 1.807) is 20.0 Å². The van der Waals surface area contributed by atoms with Gasteiger partial charge in [-0.05, 0) is 50.6 Å². The monoisotopic (exact) mass is 307 g/mol.